The van der Waals surface area contributed by atoms with Crippen molar-refractivity contribution in [2.45, 2.75) is 35.5 Å². The number of hydrogen-bond donors (Lipinski definition) is 0. The van der Waals surface area contributed by atoms with Gasteiger partial charge in [0.05, 0.1) is 0 Å². The van der Waals surface area contributed by atoms with Crippen molar-refractivity contribution in [3.8, 4) is 0 Å². The van der Waals surface area contributed by atoms with E-state index in [1.54, 1.807) is 33.4 Å². The van der Waals surface area contributed by atoms with Crippen molar-refractivity contribution in [2.75, 3.05) is 0 Å². The summed E-state index contributed by atoms with van der Waals surface area (Å²) < 4.78 is 0. The van der Waals surface area contributed by atoms with Crippen LogP contribution in [0.4, 0.5) is 0 Å². The molecule has 4 aliphatic rings. The SMILES string of the molecule is c1ccc2c(c1)C1C3c4ccccc4C3C3c4ccccc4C3C21. The van der Waals surface area contributed by atoms with Gasteiger partial charge in [-0.1, -0.05) is 72.8 Å². The molecule has 1 fully saturated rings. The second-order valence-corrected chi connectivity index (χ2v) is 8.04. The molecule has 0 nitrogen and oxygen atoms in total. The summed E-state index contributed by atoms with van der Waals surface area (Å²) in [6.45, 7) is 0. The van der Waals surface area contributed by atoms with E-state index in [1.807, 2.05) is 0 Å². The van der Waals surface area contributed by atoms with Crippen LogP contribution >= 0.6 is 0 Å². The molecular formula is C24H18. The van der Waals surface area contributed by atoms with Crippen molar-refractivity contribution in [1.29, 1.82) is 0 Å². The Balaban J connectivity index is 1.50. The van der Waals surface area contributed by atoms with Gasteiger partial charge < -0.3 is 0 Å². The van der Waals surface area contributed by atoms with Crippen LogP contribution in [0.3, 0.4) is 0 Å². The summed E-state index contributed by atoms with van der Waals surface area (Å²) in [4.78, 5) is 0. The minimum atomic E-state index is 0.746. The largest absolute Gasteiger partial charge is 0.0620 e. The van der Waals surface area contributed by atoms with Gasteiger partial charge in [0.2, 0.25) is 0 Å². The first-order valence-corrected chi connectivity index (χ1v) is 9.21. The molecule has 1 saturated carbocycles. The third kappa shape index (κ3) is 1.11. The van der Waals surface area contributed by atoms with E-state index in [2.05, 4.69) is 72.8 Å². The average molecular weight is 306 g/mol. The first kappa shape index (κ1) is 12.1. The fourth-order valence-electron chi connectivity index (χ4n) is 6.73. The van der Waals surface area contributed by atoms with Crippen LogP contribution in [0.15, 0.2) is 72.8 Å². The van der Waals surface area contributed by atoms with E-state index in [0.29, 0.717) is 0 Å². The van der Waals surface area contributed by atoms with E-state index in [9.17, 15) is 0 Å². The topological polar surface area (TPSA) is 0 Å². The smallest absolute Gasteiger partial charge is 0.000900 e. The second-order valence-electron chi connectivity index (χ2n) is 8.04. The van der Waals surface area contributed by atoms with Gasteiger partial charge in [-0.05, 0) is 68.9 Å². The number of rotatable bonds is 0. The lowest BCUT2D eigenvalue weighted by Crippen LogP contribution is -2.52. The van der Waals surface area contributed by atoms with Crippen LogP contribution in [0, 0.1) is 0 Å². The van der Waals surface area contributed by atoms with Gasteiger partial charge in [0.25, 0.3) is 0 Å². The van der Waals surface area contributed by atoms with E-state index in [-0.39, 0.29) is 0 Å². The van der Waals surface area contributed by atoms with E-state index in [0.717, 1.165) is 35.5 Å². The summed E-state index contributed by atoms with van der Waals surface area (Å²) in [5.74, 6) is 4.48. The van der Waals surface area contributed by atoms with Crippen molar-refractivity contribution in [3.05, 3.63) is 106 Å². The molecule has 0 bridgehead atoms. The first-order valence-electron chi connectivity index (χ1n) is 9.21. The van der Waals surface area contributed by atoms with Crippen molar-refractivity contribution >= 4 is 0 Å². The molecule has 0 aromatic heterocycles. The quantitative estimate of drug-likeness (QED) is 0.471. The third-order valence-electron chi connectivity index (χ3n) is 7.46. The highest BCUT2D eigenvalue weighted by Gasteiger charge is 2.65. The maximum Gasteiger partial charge on any atom is -0.000900 e. The zero-order valence-electron chi connectivity index (χ0n) is 13.4. The van der Waals surface area contributed by atoms with Crippen molar-refractivity contribution in [2.24, 2.45) is 0 Å². The van der Waals surface area contributed by atoms with Gasteiger partial charge in [0.1, 0.15) is 0 Å². The van der Waals surface area contributed by atoms with Gasteiger partial charge in [-0.15, -0.1) is 0 Å². The third-order valence-corrected chi connectivity index (χ3v) is 7.46. The average Bonchev–Trinajstić information content (AvgIpc) is 2.62. The molecule has 0 spiro atoms. The molecule has 114 valence electrons. The van der Waals surface area contributed by atoms with Gasteiger partial charge in [0.15, 0.2) is 0 Å². The van der Waals surface area contributed by atoms with Crippen LogP contribution in [-0.4, -0.2) is 0 Å². The predicted molar refractivity (Wildman–Crippen MR) is 95.8 cm³/mol. The Labute approximate surface area is 142 Å². The Morgan fingerprint density at radius 3 is 0.625 bits per heavy atom. The summed E-state index contributed by atoms with van der Waals surface area (Å²) in [5, 5.41) is 0. The molecule has 0 amide bonds. The molecule has 7 rings (SSSR count). The monoisotopic (exact) mass is 306 g/mol. The zero-order valence-corrected chi connectivity index (χ0v) is 13.4. The van der Waals surface area contributed by atoms with Crippen molar-refractivity contribution in [3.63, 3.8) is 0 Å². The lowest BCUT2D eigenvalue weighted by molar-refractivity contribution is 0.152. The van der Waals surface area contributed by atoms with E-state index in [1.165, 1.54) is 0 Å². The van der Waals surface area contributed by atoms with Gasteiger partial charge in [-0.2, -0.15) is 0 Å². The van der Waals surface area contributed by atoms with Crippen LogP contribution in [0.25, 0.3) is 0 Å². The Morgan fingerprint density at radius 1 is 0.292 bits per heavy atom. The Morgan fingerprint density at radius 2 is 0.458 bits per heavy atom. The molecule has 3 aromatic carbocycles. The molecule has 0 unspecified atom stereocenters. The Bertz CT molecular complexity index is 789. The lowest BCUT2D eigenvalue weighted by Gasteiger charge is -2.66. The van der Waals surface area contributed by atoms with Crippen molar-refractivity contribution in [1.82, 2.24) is 0 Å². The maximum absolute atomic E-state index is 2.39. The molecule has 0 atom stereocenters. The molecule has 0 aliphatic heterocycles. The Kier molecular flexibility index (Phi) is 1.93. The summed E-state index contributed by atoms with van der Waals surface area (Å²) >= 11 is 0. The fraction of sp³-hybridized carbons (Fsp3) is 0.250. The van der Waals surface area contributed by atoms with E-state index >= 15 is 0 Å². The molecule has 0 N–H and O–H groups in total. The van der Waals surface area contributed by atoms with Crippen LogP contribution in [0.5, 0.6) is 0 Å². The standard InChI is InChI=1S/C24H18/c1-2-8-14-13(7-1)19-20(14)22-17-11-5-6-12-18(17)24(22)23-16-10-4-3-9-15(16)21(19)23/h1-12,19-24H. The maximum atomic E-state index is 2.39. The minimum absolute atomic E-state index is 0.746. The van der Waals surface area contributed by atoms with Gasteiger partial charge >= 0.3 is 0 Å². The molecule has 0 heteroatoms. The van der Waals surface area contributed by atoms with Crippen LogP contribution in [0.2, 0.25) is 0 Å². The van der Waals surface area contributed by atoms with E-state index < -0.39 is 0 Å². The number of benzene rings is 3. The van der Waals surface area contributed by atoms with Crippen LogP contribution in [-0.2, 0) is 0 Å². The molecule has 0 heterocycles. The van der Waals surface area contributed by atoms with Crippen LogP contribution in [0.1, 0.15) is 68.9 Å². The molecular weight excluding hydrogens is 288 g/mol. The molecule has 24 heavy (non-hydrogen) atoms. The highest BCUT2D eigenvalue weighted by Crippen LogP contribution is 2.79. The summed E-state index contributed by atoms with van der Waals surface area (Å²) in [6, 6.07) is 27.7. The predicted octanol–water partition coefficient (Wildman–Crippen LogP) is 5.64. The summed E-state index contributed by atoms with van der Waals surface area (Å²) in [5.41, 5.74) is 9.80. The van der Waals surface area contributed by atoms with Gasteiger partial charge in [-0.25, -0.2) is 0 Å². The second kappa shape index (κ2) is 3.83. The fourth-order valence-corrected chi connectivity index (χ4v) is 6.73. The lowest BCUT2D eigenvalue weighted by atomic mass is 9.36. The van der Waals surface area contributed by atoms with E-state index in [4.69, 9.17) is 0 Å². The number of fused-ring (bicyclic) bond motifs is 15. The highest BCUT2D eigenvalue weighted by molar-refractivity contribution is 5.65. The minimum Gasteiger partial charge on any atom is -0.0620 e. The van der Waals surface area contributed by atoms with Crippen molar-refractivity contribution < 1.29 is 0 Å². The van der Waals surface area contributed by atoms with Gasteiger partial charge in [-0.3, -0.25) is 0 Å². The normalized spacial score (nSPS) is 35.5. The number of hydrogen-bond acceptors (Lipinski definition) is 0. The summed E-state index contributed by atoms with van der Waals surface area (Å²) in [7, 11) is 0. The molecule has 4 aliphatic carbocycles. The molecule has 3 aromatic rings. The summed E-state index contributed by atoms with van der Waals surface area (Å²) in [6.07, 6.45) is 0. The molecule has 0 radical (unpaired) electrons. The highest BCUT2D eigenvalue weighted by atomic mass is 14.7. The Hall–Kier alpha value is -2.34. The van der Waals surface area contributed by atoms with Gasteiger partial charge in [0, 0.05) is 0 Å². The zero-order chi connectivity index (χ0) is 15.4. The van der Waals surface area contributed by atoms with Crippen LogP contribution < -0.4 is 0 Å². The molecule has 0 saturated heterocycles. The first-order chi connectivity index (χ1) is 11.9.